The van der Waals surface area contributed by atoms with Crippen LogP contribution in [0.25, 0.3) is 0 Å². The third-order valence-corrected chi connectivity index (χ3v) is 5.39. The Morgan fingerprint density at radius 1 is 0.900 bits per heavy atom. The Morgan fingerprint density at radius 3 is 2.40 bits per heavy atom. The highest BCUT2D eigenvalue weighted by Gasteiger charge is 2.16. The monoisotopic (exact) mass is 434 g/mol. The molecule has 30 heavy (non-hydrogen) atoms. The van der Waals surface area contributed by atoms with Gasteiger partial charge in [-0.2, -0.15) is 0 Å². The lowest BCUT2D eigenvalue weighted by atomic mass is 10.3. The van der Waals surface area contributed by atoms with Gasteiger partial charge in [0, 0.05) is 25.4 Å². The molecule has 0 aliphatic heterocycles. The van der Waals surface area contributed by atoms with Gasteiger partial charge in [-0.05, 0) is 49.7 Å². The molecule has 0 fully saturated rings. The number of sulfonamides is 1. The van der Waals surface area contributed by atoms with Crippen molar-refractivity contribution in [1.82, 2.24) is 19.7 Å². The van der Waals surface area contributed by atoms with Gasteiger partial charge in [0.15, 0.2) is 11.6 Å². The van der Waals surface area contributed by atoms with Crippen molar-refractivity contribution < 1.29 is 17.2 Å². The number of nitrogens with zero attached hydrogens (tertiary/aromatic N) is 3. The highest BCUT2D eigenvalue weighted by molar-refractivity contribution is 7.89. The number of hydrogen-bond acceptors (Lipinski definition) is 7. The Bertz CT molecular complexity index is 1160. The van der Waals surface area contributed by atoms with Crippen LogP contribution in [0.4, 0.5) is 26.2 Å². The van der Waals surface area contributed by atoms with Crippen molar-refractivity contribution in [2.45, 2.75) is 18.7 Å². The van der Waals surface area contributed by atoms with E-state index in [9.17, 15) is 17.2 Å². The Balaban J connectivity index is 1.59. The molecule has 0 atom stereocenters. The Morgan fingerprint density at radius 2 is 1.67 bits per heavy atom. The van der Waals surface area contributed by atoms with Gasteiger partial charge < -0.3 is 10.6 Å². The van der Waals surface area contributed by atoms with Crippen molar-refractivity contribution >= 4 is 27.5 Å². The third kappa shape index (κ3) is 5.67. The molecule has 0 unspecified atom stereocenters. The molecule has 0 amide bonds. The summed E-state index contributed by atoms with van der Waals surface area (Å²) in [6.45, 7) is 3.90. The summed E-state index contributed by atoms with van der Waals surface area (Å²) in [5.41, 5.74) is 1.05. The molecule has 0 bridgehead atoms. The number of anilines is 3. The van der Waals surface area contributed by atoms with Gasteiger partial charge in [0.25, 0.3) is 0 Å². The zero-order chi connectivity index (χ0) is 21.7. The number of rotatable bonds is 8. The first-order chi connectivity index (χ1) is 14.2. The third-order valence-electron chi connectivity index (χ3n) is 3.93. The molecular formula is C19H20F2N6O2S. The second kappa shape index (κ2) is 9.09. The van der Waals surface area contributed by atoms with Crippen LogP contribution in [0.15, 0.2) is 47.5 Å². The molecule has 158 valence electrons. The zero-order valence-corrected chi connectivity index (χ0v) is 17.1. The van der Waals surface area contributed by atoms with Gasteiger partial charge in [-0.25, -0.2) is 36.9 Å². The average Bonchev–Trinajstić information content (AvgIpc) is 2.67. The predicted octanol–water partition coefficient (Wildman–Crippen LogP) is 2.90. The number of benzene rings is 1. The molecule has 0 spiro atoms. The van der Waals surface area contributed by atoms with E-state index in [2.05, 4.69) is 30.3 Å². The maximum Gasteiger partial charge on any atom is 0.240 e. The molecular weight excluding hydrogens is 414 g/mol. The highest BCUT2D eigenvalue weighted by Crippen LogP contribution is 2.17. The molecule has 0 saturated carbocycles. The van der Waals surface area contributed by atoms with Crippen LogP contribution < -0.4 is 15.4 Å². The van der Waals surface area contributed by atoms with Crippen molar-refractivity contribution in [2.24, 2.45) is 0 Å². The average molecular weight is 434 g/mol. The van der Waals surface area contributed by atoms with Gasteiger partial charge in [0.2, 0.25) is 10.0 Å². The molecule has 2 aromatic heterocycles. The molecule has 0 saturated heterocycles. The van der Waals surface area contributed by atoms with Crippen LogP contribution in [-0.2, 0) is 10.0 Å². The maximum atomic E-state index is 13.3. The van der Waals surface area contributed by atoms with Gasteiger partial charge in [-0.1, -0.05) is 0 Å². The molecule has 1 aromatic carbocycles. The molecule has 0 aliphatic rings. The number of aromatic nitrogens is 3. The molecule has 3 N–H and O–H groups in total. The smallest absolute Gasteiger partial charge is 0.240 e. The van der Waals surface area contributed by atoms with Crippen LogP contribution >= 0.6 is 0 Å². The summed E-state index contributed by atoms with van der Waals surface area (Å²) in [6.07, 6.45) is 1.68. The predicted molar refractivity (Wildman–Crippen MR) is 109 cm³/mol. The molecule has 0 aliphatic carbocycles. The van der Waals surface area contributed by atoms with Crippen molar-refractivity contribution in [3.63, 3.8) is 0 Å². The van der Waals surface area contributed by atoms with E-state index in [4.69, 9.17) is 0 Å². The van der Waals surface area contributed by atoms with Gasteiger partial charge >= 0.3 is 0 Å². The highest BCUT2D eigenvalue weighted by atomic mass is 32.2. The maximum absolute atomic E-state index is 13.3. The summed E-state index contributed by atoms with van der Waals surface area (Å²) < 4.78 is 52.9. The Kier molecular flexibility index (Phi) is 6.53. The van der Waals surface area contributed by atoms with E-state index >= 15 is 0 Å². The molecule has 11 heteroatoms. The van der Waals surface area contributed by atoms with Crippen molar-refractivity contribution in [2.75, 3.05) is 23.7 Å². The number of nitrogens with one attached hydrogen (secondary N) is 3. The number of pyridine rings is 1. The molecule has 0 radical (unpaired) electrons. The quantitative estimate of drug-likeness (QED) is 0.468. The minimum absolute atomic E-state index is 0.00652. The van der Waals surface area contributed by atoms with E-state index in [1.165, 1.54) is 0 Å². The van der Waals surface area contributed by atoms with Crippen LogP contribution in [0.2, 0.25) is 0 Å². The van der Waals surface area contributed by atoms with E-state index in [-0.39, 0.29) is 18.0 Å². The summed E-state index contributed by atoms with van der Waals surface area (Å²) >= 11 is 0. The Hall–Kier alpha value is -3.18. The Labute approximate surface area is 172 Å². The number of hydrogen-bond donors (Lipinski definition) is 3. The van der Waals surface area contributed by atoms with Crippen LogP contribution in [0, 0.1) is 25.5 Å². The summed E-state index contributed by atoms with van der Waals surface area (Å²) in [7, 11) is -3.97. The number of aryl methyl sites for hydroxylation is 2. The van der Waals surface area contributed by atoms with Crippen LogP contribution in [-0.4, -0.2) is 36.5 Å². The van der Waals surface area contributed by atoms with Crippen molar-refractivity contribution in [1.29, 1.82) is 0 Å². The van der Waals surface area contributed by atoms with Crippen LogP contribution in [0.5, 0.6) is 0 Å². The largest absolute Gasteiger partial charge is 0.369 e. The fourth-order valence-corrected chi connectivity index (χ4v) is 3.60. The normalized spacial score (nSPS) is 11.3. The second-order valence-electron chi connectivity index (χ2n) is 6.43. The van der Waals surface area contributed by atoms with Gasteiger partial charge in [-0.15, -0.1) is 0 Å². The minimum Gasteiger partial charge on any atom is -0.369 e. The molecule has 8 nitrogen and oxygen atoms in total. The second-order valence-corrected chi connectivity index (χ2v) is 8.20. The standard InChI is InChI=1S/C19H20F2N6O2S/c1-12-5-6-22-17(9-12)27-19-11-18(25-13(2)26-19)23-7-8-24-30(28,29)14-3-4-15(20)16(21)10-14/h3-6,9-11,24H,7-8H2,1-2H3,(H2,22,23,25,26,27). The lowest BCUT2D eigenvalue weighted by molar-refractivity contribution is 0.504. The van der Waals surface area contributed by atoms with Crippen molar-refractivity contribution in [3.05, 3.63) is 65.6 Å². The molecule has 3 rings (SSSR count). The fraction of sp³-hybridized carbons (Fsp3) is 0.211. The summed E-state index contributed by atoms with van der Waals surface area (Å²) in [5.74, 6) is -0.165. The first kappa shape index (κ1) is 21.5. The van der Waals surface area contributed by atoms with Crippen LogP contribution in [0.3, 0.4) is 0 Å². The van der Waals surface area contributed by atoms with Gasteiger partial charge in [-0.3, -0.25) is 0 Å². The summed E-state index contributed by atoms with van der Waals surface area (Å²) in [6, 6.07) is 7.82. The lowest BCUT2D eigenvalue weighted by Gasteiger charge is -2.11. The summed E-state index contributed by atoms with van der Waals surface area (Å²) in [5, 5.41) is 6.09. The van der Waals surface area contributed by atoms with E-state index < -0.39 is 21.7 Å². The number of halogens is 2. The van der Waals surface area contributed by atoms with Gasteiger partial charge in [0.1, 0.15) is 23.3 Å². The summed E-state index contributed by atoms with van der Waals surface area (Å²) in [4.78, 5) is 12.4. The molecule has 3 aromatic rings. The van der Waals surface area contributed by atoms with Gasteiger partial charge in [0.05, 0.1) is 4.90 Å². The minimum atomic E-state index is -3.97. The fourth-order valence-electron chi connectivity index (χ4n) is 2.56. The van der Waals surface area contributed by atoms with E-state index in [1.54, 1.807) is 19.2 Å². The van der Waals surface area contributed by atoms with Crippen molar-refractivity contribution in [3.8, 4) is 0 Å². The zero-order valence-electron chi connectivity index (χ0n) is 16.3. The molecule has 2 heterocycles. The lowest BCUT2D eigenvalue weighted by Crippen LogP contribution is -2.29. The van der Waals surface area contributed by atoms with E-state index in [1.807, 2.05) is 19.1 Å². The van der Waals surface area contributed by atoms with E-state index in [0.717, 1.165) is 17.7 Å². The van der Waals surface area contributed by atoms with E-state index in [0.29, 0.717) is 29.3 Å². The van der Waals surface area contributed by atoms with Crippen LogP contribution in [0.1, 0.15) is 11.4 Å². The SMILES string of the molecule is Cc1ccnc(Nc2cc(NCCNS(=O)(=O)c3ccc(F)c(F)c3)nc(C)n2)c1. The topological polar surface area (TPSA) is 109 Å². The first-order valence-electron chi connectivity index (χ1n) is 8.97. The first-order valence-corrected chi connectivity index (χ1v) is 10.5.